The third-order valence-corrected chi connectivity index (χ3v) is 5.04. The van der Waals surface area contributed by atoms with Crippen molar-refractivity contribution in [3.8, 4) is 0 Å². The first-order chi connectivity index (χ1) is 8.88. The van der Waals surface area contributed by atoms with Crippen LogP contribution in [-0.4, -0.2) is 18.6 Å². The summed E-state index contributed by atoms with van der Waals surface area (Å²) in [6.07, 6.45) is 0. The zero-order chi connectivity index (χ0) is 14.0. The van der Waals surface area contributed by atoms with Gasteiger partial charge in [0.15, 0.2) is 5.82 Å². The maximum Gasteiger partial charge on any atom is 0.242 e. The molecule has 1 aromatic carbocycles. The lowest BCUT2D eigenvalue weighted by Crippen LogP contribution is -2.24. The molecule has 9 heteroatoms. The van der Waals surface area contributed by atoms with Crippen molar-refractivity contribution >= 4 is 41.9 Å². The van der Waals surface area contributed by atoms with Crippen molar-refractivity contribution in [2.75, 3.05) is 0 Å². The van der Waals surface area contributed by atoms with Crippen LogP contribution in [0.5, 0.6) is 0 Å². The number of hydrogen-bond donors (Lipinski definition) is 1. The van der Waals surface area contributed by atoms with Crippen LogP contribution in [0.15, 0.2) is 36.6 Å². The second kappa shape index (κ2) is 5.70. The molecule has 1 N–H and O–H groups in total. The predicted octanol–water partition coefficient (Wildman–Crippen LogP) is 2.38. The summed E-state index contributed by atoms with van der Waals surface area (Å²) in [7, 11) is -3.64. The number of hydrogen-bond acceptors (Lipinski definition) is 5. The van der Waals surface area contributed by atoms with Gasteiger partial charge in [-0.2, -0.15) is 4.98 Å². The second-order valence-electron chi connectivity index (χ2n) is 3.63. The molecule has 1 heterocycles. The average molecular weight is 411 g/mol. The Morgan fingerprint density at radius 1 is 1.37 bits per heavy atom. The van der Waals surface area contributed by atoms with E-state index in [9.17, 15) is 8.42 Å². The quantitative estimate of drug-likeness (QED) is 0.836. The van der Waals surface area contributed by atoms with E-state index in [1.165, 1.54) is 6.07 Å². The van der Waals surface area contributed by atoms with Gasteiger partial charge in [-0.25, -0.2) is 13.1 Å². The molecule has 0 atom stereocenters. The van der Waals surface area contributed by atoms with Gasteiger partial charge in [0.2, 0.25) is 15.9 Å². The molecule has 0 amide bonds. The van der Waals surface area contributed by atoms with Gasteiger partial charge in [0, 0.05) is 15.9 Å². The molecule has 0 spiro atoms. The van der Waals surface area contributed by atoms with E-state index in [1.807, 2.05) is 0 Å². The number of sulfonamides is 1. The van der Waals surface area contributed by atoms with E-state index in [0.717, 1.165) is 4.47 Å². The van der Waals surface area contributed by atoms with Crippen LogP contribution in [0.2, 0.25) is 0 Å². The van der Waals surface area contributed by atoms with Crippen LogP contribution in [-0.2, 0) is 16.6 Å². The van der Waals surface area contributed by atoms with Gasteiger partial charge in [0.25, 0.3) is 0 Å². The molecule has 2 aromatic rings. The minimum Gasteiger partial charge on any atom is -0.340 e. The van der Waals surface area contributed by atoms with Gasteiger partial charge in [0.05, 0.1) is 11.4 Å². The van der Waals surface area contributed by atoms with Crippen LogP contribution in [0, 0.1) is 6.92 Å². The number of nitrogens with one attached hydrogen (secondary N) is 1. The number of aromatic nitrogens is 2. The fourth-order valence-corrected chi connectivity index (χ4v) is 4.07. The van der Waals surface area contributed by atoms with Crippen LogP contribution >= 0.6 is 31.9 Å². The molecule has 19 heavy (non-hydrogen) atoms. The summed E-state index contributed by atoms with van der Waals surface area (Å²) in [5.41, 5.74) is 0. The largest absolute Gasteiger partial charge is 0.340 e. The molecule has 0 saturated carbocycles. The molecule has 0 saturated heterocycles. The third kappa shape index (κ3) is 3.62. The summed E-state index contributed by atoms with van der Waals surface area (Å²) < 4.78 is 32.6. The van der Waals surface area contributed by atoms with Crippen LogP contribution < -0.4 is 4.72 Å². The molecule has 0 aliphatic carbocycles. The molecular formula is C10H9Br2N3O3S. The lowest BCUT2D eigenvalue weighted by molar-refractivity contribution is 0.387. The van der Waals surface area contributed by atoms with Crippen LogP contribution in [0.1, 0.15) is 11.7 Å². The molecule has 0 aliphatic heterocycles. The highest BCUT2D eigenvalue weighted by Crippen LogP contribution is 2.25. The molecule has 0 aliphatic rings. The Morgan fingerprint density at radius 3 is 2.68 bits per heavy atom. The second-order valence-corrected chi connectivity index (χ2v) is 7.13. The highest BCUT2D eigenvalue weighted by molar-refractivity contribution is 9.11. The summed E-state index contributed by atoms with van der Waals surface area (Å²) in [5.74, 6) is 0.674. The SMILES string of the molecule is Cc1nc(CNS(=O)(=O)c2ccc(Br)cc2Br)no1. The maximum absolute atomic E-state index is 12.1. The maximum atomic E-state index is 12.1. The summed E-state index contributed by atoms with van der Waals surface area (Å²) in [6.45, 7) is 1.61. The topological polar surface area (TPSA) is 85.1 Å². The first kappa shape index (κ1) is 14.6. The molecule has 102 valence electrons. The van der Waals surface area contributed by atoms with Crippen molar-refractivity contribution in [3.63, 3.8) is 0 Å². The zero-order valence-corrected chi connectivity index (χ0v) is 13.7. The highest BCUT2D eigenvalue weighted by Gasteiger charge is 2.18. The van der Waals surface area contributed by atoms with E-state index in [0.29, 0.717) is 10.4 Å². The van der Waals surface area contributed by atoms with Crippen molar-refractivity contribution in [2.45, 2.75) is 18.4 Å². The Labute approximate surface area is 126 Å². The van der Waals surface area contributed by atoms with Crippen molar-refractivity contribution in [2.24, 2.45) is 0 Å². The van der Waals surface area contributed by atoms with Gasteiger partial charge in [-0.3, -0.25) is 0 Å². The fourth-order valence-electron chi connectivity index (χ4n) is 1.34. The number of nitrogens with zero attached hydrogens (tertiary/aromatic N) is 2. The lowest BCUT2D eigenvalue weighted by atomic mass is 10.4. The third-order valence-electron chi connectivity index (χ3n) is 2.17. The fraction of sp³-hybridized carbons (Fsp3) is 0.200. The lowest BCUT2D eigenvalue weighted by Gasteiger charge is -2.07. The van der Waals surface area contributed by atoms with Gasteiger partial charge < -0.3 is 4.52 Å². The number of halogens is 2. The molecule has 0 unspecified atom stereocenters. The Balaban J connectivity index is 2.18. The molecule has 0 bridgehead atoms. The van der Waals surface area contributed by atoms with Crippen molar-refractivity contribution in [1.82, 2.24) is 14.9 Å². The Hall–Kier alpha value is -0.770. The van der Waals surface area contributed by atoms with Crippen molar-refractivity contribution in [3.05, 3.63) is 38.9 Å². The highest BCUT2D eigenvalue weighted by atomic mass is 79.9. The van der Waals surface area contributed by atoms with E-state index in [-0.39, 0.29) is 17.3 Å². The zero-order valence-electron chi connectivity index (χ0n) is 9.72. The molecule has 0 fully saturated rings. The Bertz CT molecular complexity index is 700. The van der Waals surface area contributed by atoms with E-state index < -0.39 is 10.0 Å². The molecule has 1 aromatic heterocycles. The summed E-state index contributed by atoms with van der Waals surface area (Å²) in [5, 5.41) is 3.62. The summed E-state index contributed by atoms with van der Waals surface area (Å²) in [4.78, 5) is 4.07. The van der Waals surface area contributed by atoms with Gasteiger partial charge in [-0.15, -0.1) is 0 Å². The molecule has 2 rings (SSSR count). The number of rotatable bonds is 4. The molecule has 6 nitrogen and oxygen atoms in total. The van der Waals surface area contributed by atoms with Gasteiger partial charge in [0.1, 0.15) is 0 Å². The minimum atomic E-state index is -3.64. The van der Waals surface area contributed by atoms with Crippen molar-refractivity contribution in [1.29, 1.82) is 0 Å². The Morgan fingerprint density at radius 2 is 2.11 bits per heavy atom. The smallest absolute Gasteiger partial charge is 0.242 e. The van der Waals surface area contributed by atoms with Gasteiger partial charge >= 0.3 is 0 Å². The van der Waals surface area contributed by atoms with E-state index in [2.05, 4.69) is 46.7 Å². The van der Waals surface area contributed by atoms with E-state index >= 15 is 0 Å². The summed E-state index contributed by atoms with van der Waals surface area (Å²) in [6, 6.07) is 4.81. The number of aryl methyl sites for hydroxylation is 1. The predicted molar refractivity (Wildman–Crippen MR) is 74.9 cm³/mol. The van der Waals surface area contributed by atoms with Crippen LogP contribution in [0.4, 0.5) is 0 Å². The average Bonchev–Trinajstić information content (AvgIpc) is 2.72. The molecular weight excluding hydrogens is 402 g/mol. The first-order valence-corrected chi connectivity index (χ1v) is 8.19. The normalized spacial score (nSPS) is 11.7. The number of benzene rings is 1. The van der Waals surface area contributed by atoms with Crippen LogP contribution in [0.25, 0.3) is 0 Å². The van der Waals surface area contributed by atoms with Gasteiger partial charge in [-0.05, 0) is 34.1 Å². The van der Waals surface area contributed by atoms with Gasteiger partial charge in [-0.1, -0.05) is 21.1 Å². The van der Waals surface area contributed by atoms with E-state index in [4.69, 9.17) is 4.52 Å². The molecule has 0 radical (unpaired) electrons. The minimum absolute atomic E-state index is 0.0256. The van der Waals surface area contributed by atoms with E-state index in [1.54, 1.807) is 19.1 Å². The standard InChI is InChI=1S/C10H9Br2N3O3S/c1-6-14-10(15-18-6)5-13-19(16,17)9-3-2-7(11)4-8(9)12/h2-4,13H,5H2,1H3. The Kier molecular flexibility index (Phi) is 4.39. The summed E-state index contributed by atoms with van der Waals surface area (Å²) >= 11 is 6.48. The van der Waals surface area contributed by atoms with Crippen LogP contribution in [0.3, 0.4) is 0 Å². The monoisotopic (exact) mass is 409 g/mol. The van der Waals surface area contributed by atoms with Crippen molar-refractivity contribution < 1.29 is 12.9 Å². The first-order valence-electron chi connectivity index (χ1n) is 5.12.